The first kappa shape index (κ1) is 10.1. The largest absolute Gasteiger partial charge is 0.478 e. The minimum atomic E-state index is -1.04. The van der Waals surface area contributed by atoms with Gasteiger partial charge in [-0.05, 0) is 12.1 Å². The zero-order chi connectivity index (χ0) is 12.0. The van der Waals surface area contributed by atoms with E-state index in [1.807, 2.05) is 4.90 Å². The molecule has 0 bridgehead atoms. The molecule has 1 aliphatic rings. The summed E-state index contributed by atoms with van der Waals surface area (Å²) in [7, 11) is 0. The van der Waals surface area contributed by atoms with Crippen LogP contribution in [0.2, 0.25) is 0 Å². The first-order chi connectivity index (χ1) is 8.16. The number of nitrogens with zero attached hydrogens (tertiary/aromatic N) is 2. The third kappa shape index (κ3) is 1.45. The second kappa shape index (κ2) is 3.46. The molecule has 0 aliphatic carbocycles. The van der Waals surface area contributed by atoms with Crippen molar-refractivity contribution in [2.75, 3.05) is 18.0 Å². The van der Waals surface area contributed by atoms with Crippen LogP contribution in [-0.2, 0) is 0 Å². The Morgan fingerprint density at radius 2 is 2.24 bits per heavy atom. The molecule has 0 amide bonds. The van der Waals surface area contributed by atoms with E-state index < -0.39 is 5.97 Å². The van der Waals surface area contributed by atoms with Gasteiger partial charge in [0.05, 0.1) is 11.5 Å². The number of fused-ring (bicyclic) bond motifs is 1. The Hall–Kier alpha value is -2.08. The number of rotatable bonds is 2. The van der Waals surface area contributed by atoms with Crippen molar-refractivity contribution < 1.29 is 19.5 Å². The van der Waals surface area contributed by atoms with E-state index in [4.69, 9.17) is 9.63 Å². The Morgan fingerprint density at radius 3 is 2.88 bits per heavy atom. The summed E-state index contributed by atoms with van der Waals surface area (Å²) in [6.07, 6.45) is -0.343. The van der Waals surface area contributed by atoms with E-state index in [0.29, 0.717) is 24.3 Å². The molecule has 1 aromatic heterocycles. The van der Waals surface area contributed by atoms with Crippen molar-refractivity contribution >= 4 is 22.8 Å². The summed E-state index contributed by atoms with van der Waals surface area (Å²) in [5.74, 6) is -0.449. The fraction of sp³-hybridized carbons (Fsp3) is 0.273. The summed E-state index contributed by atoms with van der Waals surface area (Å²) < 4.78 is 5.08. The molecule has 1 fully saturated rings. The third-order valence-corrected chi connectivity index (χ3v) is 2.87. The number of aromatic carboxylic acids is 1. The molecule has 2 aromatic rings. The lowest BCUT2D eigenvalue weighted by atomic mass is 10.1. The van der Waals surface area contributed by atoms with E-state index in [1.165, 1.54) is 6.07 Å². The summed E-state index contributed by atoms with van der Waals surface area (Å²) in [5, 5.41) is 22.8. The highest BCUT2D eigenvalue weighted by atomic mass is 16.5. The predicted molar refractivity (Wildman–Crippen MR) is 59.2 cm³/mol. The van der Waals surface area contributed by atoms with E-state index in [0.717, 1.165) is 0 Å². The van der Waals surface area contributed by atoms with Crippen LogP contribution in [0.15, 0.2) is 22.7 Å². The number of aliphatic hydroxyl groups is 1. The van der Waals surface area contributed by atoms with Crippen LogP contribution in [-0.4, -0.2) is 40.5 Å². The second-order valence-electron chi connectivity index (χ2n) is 4.05. The van der Waals surface area contributed by atoms with Crippen LogP contribution in [0, 0.1) is 0 Å². The smallest absolute Gasteiger partial charge is 0.339 e. The van der Waals surface area contributed by atoms with Crippen LogP contribution in [0.1, 0.15) is 10.4 Å². The van der Waals surface area contributed by atoms with Gasteiger partial charge >= 0.3 is 5.97 Å². The number of aromatic nitrogens is 1. The standard InChI is InChI=1S/C11H10N2O4/c14-6-4-13(5-6)10-7-2-1-3-8(11(15)16)9(7)17-12-10/h1-3,6,14H,4-5H2,(H,15,16). The monoisotopic (exact) mass is 234 g/mol. The Balaban J connectivity index is 2.10. The molecule has 2 N–H and O–H groups in total. The Kier molecular flexibility index (Phi) is 2.05. The molecule has 6 heteroatoms. The molecule has 0 saturated carbocycles. The zero-order valence-electron chi connectivity index (χ0n) is 8.83. The maximum Gasteiger partial charge on any atom is 0.339 e. The number of aliphatic hydroxyl groups excluding tert-OH is 1. The first-order valence-electron chi connectivity index (χ1n) is 5.21. The van der Waals surface area contributed by atoms with Gasteiger partial charge in [0.15, 0.2) is 11.4 Å². The normalized spacial score (nSPS) is 16.2. The third-order valence-electron chi connectivity index (χ3n) is 2.87. The average molecular weight is 234 g/mol. The molecule has 6 nitrogen and oxygen atoms in total. The Labute approximate surface area is 96.0 Å². The SMILES string of the molecule is O=C(O)c1cccc2c(N3CC(O)C3)noc12. The topological polar surface area (TPSA) is 86.8 Å². The first-order valence-corrected chi connectivity index (χ1v) is 5.21. The van der Waals surface area contributed by atoms with Crippen LogP contribution in [0.25, 0.3) is 11.0 Å². The minimum absolute atomic E-state index is 0.0994. The summed E-state index contributed by atoms with van der Waals surface area (Å²) in [6.45, 7) is 0.998. The van der Waals surface area contributed by atoms with Gasteiger partial charge in [0.2, 0.25) is 0 Å². The van der Waals surface area contributed by atoms with Crippen molar-refractivity contribution in [3.05, 3.63) is 23.8 Å². The number of β-amino-alcohol motifs (C(OH)–C–C–N with tert-alkyl or cyclic N) is 1. The molecule has 1 aromatic carbocycles. The van der Waals surface area contributed by atoms with Crippen molar-refractivity contribution in [1.29, 1.82) is 0 Å². The Bertz CT molecular complexity index is 586. The average Bonchev–Trinajstić information content (AvgIpc) is 2.67. The number of para-hydroxylation sites is 1. The fourth-order valence-corrected chi connectivity index (χ4v) is 1.97. The molecule has 0 unspecified atom stereocenters. The Morgan fingerprint density at radius 1 is 1.47 bits per heavy atom. The lowest BCUT2D eigenvalue weighted by Crippen LogP contribution is -2.51. The highest BCUT2D eigenvalue weighted by Crippen LogP contribution is 2.30. The van der Waals surface area contributed by atoms with Crippen molar-refractivity contribution in [2.45, 2.75) is 6.10 Å². The van der Waals surface area contributed by atoms with Crippen LogP contribution >= 0.6 is 0 Å². The van der Waals surface area contributed by atoms with Gasteiger partial charge in [0.25, 0.3) is 0 Å². The van der Waals surface area contributed by atoms with Crippen molar-refractivity contribution in [2.24, 2.45) is 0 Å². The highest BCUT2D eigenvalue weighted by molar-refractivity contribution is 6.04. The number of anilines is 1. The lowest BCUT2D eigenvalue weighted by molar-refractivity contribution is 0.0697. The van der Waals surface area contributed by atoms with Crippen molar-refractivity contribution in [3.63, 3.8) is 0 Å². The molecule has 0 spiro atoms. The van der Waals surface area contributed by atoms with Gasteiger partial charge in [0, 0.05) is 13.1 Å². The van der Waals surface area contributed by atoms with E-state index in [-0.39, 0.29) is 17.3 Å². The van der Waals surface area contributed by atoms with Gasteiger partial charge in [-0.15, -0.1) is 0 Å². The summed E-state index contributed by atoms with van der Waals surface area (Å²) in [5.41, 5.74) is 0.374. The van der Waals surface area contributed by atoms with Gasteiger partial charge < -0.3 is 19.6 Å². The number of carbonyl (C=O) groups is 1. The van der Waals surface area contributed by atoms with E-state index in [1.54, 1.807) is 12.1 Å². The number of hydrogen-bond acceptors (Lipinski definition) is 5. The molecule has 88 valence electrons. The van der Waals surface area contributed by atoms with Gasteiger partial charge in [0.1, 0.15) is 5.56 Å². The minimum Gasteiger partial charge on any atom is -0.478 e. The van der Waals surface area contributed by atoms with E-state index >= 15 is 0 Å². The van der Waals surface area contributed by atoms with E-state index in [9.17, 15) is 9.90 Å². The van der Waals surface area contributed by atoms with Gasteiger partial charge in [-0.1, -0.05) is 11.2 Å². The number of carboxylic acid groups (broad SMARTS) is 1. The maximum absolute atomic E-state index is 11.0. The number of benzene rings is 1. The molecular formula is C11H10N2O4. The van der Waals surface area contributed by atoms with Crippen LogP contribution in [0.4, 0.5) is 5.82 Å². The molecule has 1 saturated heterocycles. The molecule has 17 heavy (non-hydrogen) atoms. The van der Waals surface area contributed by atoms with E-state index in [2.05, 4.69) is 5.16 Å². The summed E-state index contributed by atoms with van der Waals surface area (Å²) in [4.78, 5) is 12.8. The zero-order valence-corrected chi connectivity index (χ0v) is 8.83. The van der Waals surface area contributed by atoms with Gasteiger partial charge in [-0.25, -0.2) is 4.79 Å². The molecule has 2 heterocycles. The number of carboxylic acids is 1. The lowest BCUT2D eigenvalue weighted by Gasteiger charge is -2.35. The molecule has 3 rings (SSSR count). The van der Waals surface area contributed by atoms with Crippen LogP contribution in [0.5, 0.6) is 0 Å². The number of hydrogen-bond donors (Lipinski definition) is 2. The van der Waals surface area contributed by atoms with Crippen LogP contribution in [0.3, 0.4) is 0 Å². The van der Waals surface area contributed by atoms with Crippen molar-refractivity contribution in [1.82, 2.24) is 5.16 Å². The molecule has 1 aliphatic heterocycles. The predicted octanol–water partition coefficient (Wildman–Crippen LogP) is 0.707. The van der Waals surface area contributed by atoms with Gasteiger partial charge in [-0.2, -0.15) is 0 Å². The fourth-order valence-electron chi connectivity index (χ4n) is 1.97. The molecule has 0 atom stereocenters. The van der Waals surface area contributed by atoms with Crippen molar-refractivity contribution in [3.8, 4) is 0 Å². The molecular weight excluding hydrogens is 224 g/mol. The summed E-state index contributed by atoms with van der Waals surface area (Å²) >= 11 is 0. The van der Waals surface area contributed by atoms with Gasteiger partial charge in [-0.3, -0.25) is 0 Å². The maximum atomic E-state index is 11.0. The quantitative estimate of drug-likeness (QED) is 0.795. The van der Waals surface area contributed by atoms with Crippen LogP contribution < -0.4 is 4.90 Å². The second-order valence-corrected chi connectivity index (χ2v) is 4.05. The summed E-state index contributed by atoms with van der Waals surface area (Å²) in [6, 6.07) is 4.89. The highest BCUT2D eigenvalue weighted by Gasteiger charge is 2.29. The molecule has 0 radical (unpaired) electrons.